The van der Waals surface area contributed by atoms with Crippen LogP contribution in [0.1, 0.15) is 29.7 Å². The number of carbonyl (C=O) groups excluding carboxylic acids is 2. The molecule has 0 radical (unpaired) electrons. The summed E-state index contributed by atoms with van der Waals surface area (Å²) < 4.78 is 18.0. The Labute approximate surface area is 146 Å². The van der Waals surface area contributed by atoms with Gasteiger partial charge in [0.15, 0.2) is 0 Å². The van der Waals surface area contributed by atoms with E-state index in [1.807, 2.05) is 24.3 Å². The quantitative estimate of drug-likeness (QED) is 0.845. The monoisotopic (exact) mass is 344 g/mol. The van der Waals surface area contributed by atoms with E-state index in [0.717, 1.165) is 12.0 Å². The first-order chi connectivity index (χ1) is 12.0. The van der Waals surface area contributed by atoms with E-state index in [9.17, 15) is 14.0 Å². The first-order valence-electron chi connectivity index (χ1n) is 7.99. The van der Waals surface area contributed by atoms with Crippen molar-refractivity contribution >= 4 is 12.0 Å². The lowest BCUT2D eigenvalue weighted by Gasteiger charge is -2.20. The molecule has 0 spiro atoms. The molecule has 0 aliphatic heterocycles. The van der Waals surface area contributed by atoms with Crippen LogP contribution in [0, 0.1) is 5.82 Å². The number of aryl methyl sites for hydroxylation is 1. The van der Waals surface area contributed by atoms with Crippen LogP contribution in [0.25, 0.3) is 0 Å². The normalized spacial score (nSPS) is 11.6. The van der Waals surface area contributed by atoms with Gasteiger partial charge in [-0.15, -0.1) is 0 Å². The second-order valence-electron chi connectivity index (χ2n) is 5.50. The van der Waals surface area contributed by atoms with Gasteiger partial charge in [0, 0.05) is 0 Å². The number of amides is 2. The maximum atomic E-state index is 13.6. The molecule has 5 nitrogen and oxygen atoms in total. The van der Waals surface area contributed by atoms with Crippen molar-refractivity contribution in [1.82, 2.24) is 10.6 Å². The highest BCUT2D eigenvalue weighted by molar-refractivity contribution is 5.92. The molecule has 0 unspecified atom stereocenters. The van der Waals surface area contributed by atoms with Gasteiger partial charge in [-0.05, 0) is 35.2 Å². The third-order valence-corrected chi connectivity index (χ3v) is 3.80. The predicted molar refractivity (Wildman–Crippen MR) is 92.6 cm³/mol. The third-order valence-electron chi connectivity index (χ3n) is 3.80. The number of methoxy groups -OCH3 is 1. The zero-order valence-electron chi connectivity index (χ0n) is 14.2. The SMILES string of the molecule is CCc1ccc([C@H](NCC(=O)NC(=O)OC)c2cccc(F)c2)cc1. The van der Waals surface area contributed by atoms with Crippen LogP contribution in [-0.4, -0.2) is 25.7 Å². The van der Waals surface area contributed by atoms with Crippen LogP contribution in [0.5, 0.6) is 0 Å². The molecular weight excluding hydrogens is 323 g/mol. The van der Waals surface area contributed by atoms with Crippen molar-refractivity contribution < 1.29 is 18.7 Å². The minimum atomic E-state index is -0.818. The van der Waals surface area contributed by atoms with Crippen molar-refractivity contribution in [3.8, 4) is 0 Å². The Morgan fingerprint density at radius 2 is 1.84 bits per heavy atom. The second-order valence-corrected chi connectivity index (χ2v) is 5.50. The standard InChI is InChI=1S/C19H21FN2O3/c1-3-13-7-9-14(10-8-13)18(15-5-4-6-16(20)11-15)21-12-17(23)22-19(24)25-2/h4-11,18,21H,3,12H2,1-2H3,(H,22,23,24)/t18-/m0/s1. The van der Waals surface area contributed by atoms with Gasteiger partial charge in [0.2, 0.25) is 5.91 Å². The maximum absolute atomic E-state index is 13.6. The van der Waals surface area contributed by atoms with E-state index in [4.69, 9.17) is 0 Å². The zero-order chi connectivity index (χ0) is 18.2. The molecule has 132 valence electrons. The van der Waals surface area contributed by atoms with Crippen LogP contribution in [0.2, 0.25) is 0 Å². The lowest BCUT2D eigenvalue weighted by molar-refractivity contribution is -0.119. The predicted octanol–water partition coefficient (Wildman–Crippen LogP) is 2.95. The van der Waals surface area contributed by atoms with Crippen molar-refractivity contribution in [1.29, 1.82) is 0 Å². The van der Waals surface area contributed by atoms with E-state index >= 15 is 0 Å². The lowest BCUT2D eigenvalue weighted by atomic mass is 9.97. The molecule has 0 aliphatic carbocycles. The first kappa shape index (κ1) is 18.6. The number of nitrogens with one attached hydrogen (secondary N) is 2. The van der Waals surface area contributed by atoms with Gasteiger partial charge in [0.1, 0.15) is 5.82 Å². The first-order valence-corrected chi connectivity index (χ1v) is 7.99. The number of halogens is 1. The van der Waals surface area contributed by atoms with Gasteiger partial charge in [-0.2, -0.15) is 0 Å². The number of alkyl carbamates (subject to hydrolysis) is 1. The van der Waals surface area contributed by atoms with Gasteiger partial charge < -0.3 is 4.74 Å². The molecule has 0 aromatic heterocycles. The fourth-order valence-electron chi connectivity index (χ4n) is 2.46. The third kappa shape index (κ3) is 5.39. The van der Waals surface area contributed by atoms with Crippen LogP contribution in [-0.2, 0) is 16.0 Å². The number of ether oxygens (including phenoxy) is 1. The summed E-state index contributed by atoms with van der Waals surface area (Å²) in [5.74, 6) is -0.882. The van der Waals surface area contributed by atoms with Gasteiger partial charge in [0.05, 0.1) is 19.7 Å². The molecule has 25 heavy (non-hydrogen) atoms. The summed E-state index contributed by atoms with van der Waals surface area (Å²) in [6.07, 6.45) is 0.0984. The Hall–Kier alpha value is -2.73. The number of hydrogen-bond donors (Lipinski definition) is 2. The van der Waals surface area contributed by atoms with Gasteiger partial charge in [-0.1, -0.05) is 43.3 Å². The highest BCUT2D eigenvalue weighted by Crippen LogP contribution is 2.23. The van der Waals surface area contributed by atoms with Gasteiger partial charge >= 0.3 is 6.09 Å². The summed E-state index contributed by atoms with van der Waals surface area (Å²) in [5, 5.41) is 5.14. The molecule has 2 rings (SSSR count). The number of imide groups is 1. The van der Waals surface area contributed by atoms with E-state index in [1.54, 1.807) is 12.1 Å². The largest absolute Gasteiger partial charge is 0.453 e. The van der Waals surface area contributed by atoms with Crippen molar-refractivity contribution in [3.63, 3.8) is 0 Å². The number of rotatable bonds is 6. The van der Waals surface area contributed by atoms with E-state index in [-0.39, 0.29) is 18.4 Å². The van der Waals surface area contributed by atoms with Crippen molar-refractivity contribution in [2.24, 2.45) is 0 Å². The minimum Gasteiger partial charge on any atom is -0.453 e. The molecule has 0 saturated heterocycles. The van der Waals surface area contributed by atoms with Crippen molar-refractivity contribution in [2.75, 3.05) is 13.7 Å². The molecule has 0 fully saturated rings. The minimum absolute atomic E-state index is 0.119. The fraction of sp³-hybridized carbons (Fsp3) is 0.263. The van der Waals surface area contributed by atoms with Crippen LogP contribution in [0.4, 0.5) is 9.18 Å². The summed E-state index contributed by atoms with van der Waals surface area (Å²) in [6, 6.07) is 13.7. The summed E-state index contributed by atoms with van der Waals surface area (Å²) >= 11 is 0. The molecule has 0 aliphatic rings. The molecule has 0 heterocycles. The Morgan fingerprint density at radius 1 is 1.12 bits per heavy atom. The Kier molecular flexibility index (Phi) is 6.65. The fourth-order valence-corrected chi connectivity index (χ4v) is 2.46. The summed E-state index contributed by atoms with van der Waals surface area (Å²) in [6.45, 7) is 1.94. The highest BCUT2D eigenvalue weighted by Gasteiger charge is 2.17. The summed E-state index contributed by atoms with van der Waals surface area (Å²) in [5.41, 5.74) is 2.77. The Bertz CT molecular complexity index is 732. The average Bonchev–Trinajstić information content (AvgIpc) is 2.62. The summed E-state index contributed by atoms with van der Waals surface area (Å²) in [7, 11) is 1.18. The van der Waals surface area contributed by atoms with Crippen LogP contribution in [0.15, 0.2) is 48.5 Å². The van der Waals surface area contributed by atoms with Crippen molar-refractivity contribution in [2.45, 2.75) is 19.4 Å². The molecule has 2 aromatic carbocycles. The number of hydrogen-bond acceptors (Lipinski definition) is 4. The average molecular weight is 344 g/mol. The second kappa shape index (κ2) is 8.94. The molecule has 1 atom stereocenters. The van der Waals surface area contributed by atoms with E-state index < -0.39 is 12.0 Å². The van der Waals surface area contributed by atoms with Crippen molar-refractivity contribution in [3.05, 3.63) is 71.0 Å². The highest BCUT2D eigenvalue weighted by atomic mass is 19.1. The molecule has 0 saturated carbocycles. The van der Waals surface area contributed by atoms with Gasteiger partial charge in [-0.25, -0.2) is 9.18 Å². The Morgan fingerprint density at radius 3 is 2.44 bits per heavy atom. The van der Waals surface area contributed by atoms with Crippen LogP contribution in [0.3, 0.4) is 0 Å². The number of benzene rings is 2. The molecule has 2 amide bonds. The number of carbonyl (C=O) groups is 2. The zero-order valence-corrected chi connectivity index (χ0v) is 14.2. The molecule has 2 N–H and O–H groups in total. The lowest BCUT2D eigenvalue weighted by Crippen LogP contribution is -2.39. The van der Waals surface area contributed by atoms with E-state index in [1.165, 1.54) is 24.8 Å². The maximum Gasteiger partial charge on any atom is 0.413 e. The van der Waals surface area contributed by atoms with Crippen LogP contribution < -0.4 is 10.6 Å². The Balaban J connectivity index is 2.20. The molecule has 0 bridgehead atoms. The molecule has 6 heteroatoms. The topological polar surface area (TPSA) is 67.4 Å². The molecule has 2 aromatic rings. The van der Waals surface area contributed by atoms with E-state index in [2.05, 4.69) is 22.3 Å². The van der Waals surface area contributed by atoms with Gasteiger partial charge in [0.25, 0.3) is 0 Å². The van der Waals surface area contributed by atoms with E-state index in [0.29, 0.717) is 5.56 Å². The smallest absolute Gasteiger partial charge is 0.413 e. The summed E-state index contributed by atoms with van der Waals surface area (Å²) in [4.78, 5) is 22.9. The molecular formula is C19H21FN2O3. The van der Waals surface area contributed by atoms with Gasteiger partial charge in [-0.3, -0.25) is 15.4 Å². The van der Waals surface area contributed by atoms with Crippen LogP contribution >= 0.6 is 0 Å².